The van der Waals surface area contributed by atoms with Gasteiger partial charge in [0.15, 0.2) is 0 Å². The fourth-order valence-electron chi connectivity index (χ4n) is 7.52. The quantitative estimate of drug-likeness (QED) is 0.200. The van der Waals surface area contributed by atoms with E-state index in [1.54, 1.807) is 12.1 Å². The lowest BCUT2D eigenvalue weighted by Crippen LogP contribution is -2.67. The van der Waals surface area contributed by atoms with E-state index in [2.05, 4.69) is 27.3 Å². The molecule has 0 bridgehead atoms. The van der Waals surface area contributed by atoms with Gasteiger partial charge in [0.25, 0.3) is 11.8 Å². The second kappa shape index (κ2) is 14.4. The minimum Gasteiger partial charge on any atom is -0.347 e. The van der Waals surface area contributed by atoms with Crippen LogP contribution in [0.2, 0.25) is 5.02 Å². The smallest absolute Gasteiger partial charge is 0.263 e. The van der Waals surface area contributed by atoms with Crippen LogP contribution in [0, 0.1) is 11.3 Å². The Balaban J connectivity index is 1.18. The van der Waals surface area contributed by atoms with Crippen LogP contribution in [0.25, 0.3) is 16.6 Å². The maximum absolute atomic E-state index is 14.6. The third kappa shape index (κ3) is 7.88. The van der Waals surface area contributed by atoms with Crippen LogP contribution in [0.5, 0.6) is 0 Å². The summed E-state index contributed by atoms with van der Waals surface area (Å²) in [6.45, 7) is 9.37. The third-order valence-electron chi connectivity index (χ3n) is 11.2. The highest BCUT2D eigenvalue weighted by Gasteiger charge is 2.54. The average Bonchev–Trinajstić information content (AvgIpc) is 4.06. The largest absolute Gasteiger partial charge is 0.347 e. The van der Waals surface area contributed by atoms with Gasteiger partial charge in [0, 0.05) is 42.0 Å². The van der Waals surface area contributed by atoms with Gasteiger partial charge in [-0.3, -0.25) is 28.7 Å². The first-order valence-corrected chi connectivity index (χ1v) is 20.7. The van der Waals surface area contributed by atoms with Crippen molar-refractivity contribution in [3.63, 3.8) is 0 Å². The molecule has 1 saturated heterocycles. The Bertz CT molecular complexity index is 2190. The predicted octanol–water partition coefficient (Wildman–Crippen LogP) is 4.10. The van der Waals surface area contributed by atoms with Crippen LogP contribution in [-0.2, 0) is 29.2 Å². The number of nitrogens with zero attached hydrogens (tertiary/aromatic N) is 2. The van der Waals surface area contributed by atoms with Crippen molar-refractivity contribution in [2.45, 2.75) is 101 Å². The summed E-state index contributed by atoms with van der Waals surface area (Å²) in [7, 11) is -3.93. The topological polar surface area (TPSA) is 175 Å². The Morgan fingerprint density at radius 3 is 2.33 bits per heavy atom. The van der Waals surface area contributed by atoms with Gasteiger partial charge in [0.05, 0.1) is 16.3 Å². The molecule has 3 aromatic rings. The fraction of sp³-hybridized carbons (Fsp3) is 0.475. The van der Waals surface area contributed by atoms with E-state index < -0.39 is 68.0 Å². The monoisotopic (exact) mass is 790 g/mol. The molecule has 0 spiro atoms. The van der Waals surface area contributed by atoms with Crippen LogP contribution in [0.4, 0.5) is 0 Å². The summed E-state index contributed by atoms with van der Waals surface area (Å²) in [4.78, 5) is 71.3. The molecule has 292 valence electrons. The van der Waals surface area contributed by atoms with Crippen LogP contribution in [0.1, 0.15) is 82.5 Å². The van der Waals surface area contributed by atoms with E-state index in [0.29, 0.717) is 52.9 Å². The van der Waals surface area contributed by atoms with Crippen molar-refractivity contribution in [3.8, 4) is 11.1 Å². The minimum atomic E-state index is -3.93. The van der Waals surface area contributed by atoms with Crippen molar-refractivity contribution in [1.82, 2.24) is 30.0 Å². The Morgan fingerprint density at radius 1 is 1.02 bits per heavy atom. The predicted molar refractivity (Wildman–Crippen MR) is 207 cm³/mol. The Kier molecular flexibility index (Phi) is 10.1. The van der Waals surface area contributed by atoms with Crippen molar-refractivity contribution >= 4 is 56.7 Å². The van der Waals surface area contributed by atoms with Gasteiger partial charge in [-0.1, -0.05) is 57.2 Å². The van der Waals surface area contributed by atoms with Gasteiger partial charge < -0.3 is 25.3 Å². The number of nitrogens with one attached hydrogen (secondary N) is 4. The number of rotatable bonds is 12. The van der Waals surface area contributed by atoms with Gasteiger partial charge >= 0.3 is 0 Å². The molecule has 5 amide bonds. The summed E-state index contributed by atoms with van der Waals surface area (Å²) < 4.78 is 29.5. The Hall–Kier alpha value is -4.69. The summed E-state index contributed by atoms with van der Waals surface area (Å²) >= 11 is 6.17. The summed E-state index contributed by atoms with van der Waals surface area (Å²) in [6, 6.07) is 9.74. The molecule has 3 aliphatic carbocycles. The molecule has 4 atom stereocenters. The van der Waals surface area contributed by atoms with E-state index in [9.17, 15) is 32.4 Å². The van der Waals surface area contributed by atoms with Crippen molar-refractivity contribution in [3.05, 3.63) is 77.6 Å². The maximum atomic E-state index is 14.6. The first-order chi connectivity index (χ1) is 26.0. The van der Waals surface area contributed by atoms with Gasteiger partial charge in [0.2, 0.25) is 27.7 Å². The number of sulfonamides is 1. The van der Waals surface area contributed by atoms with Gasteiger partial charge in [-0.15, -0.1) is 0 Å². The fourth-order valence-corrected chi connectivity index (χ4v) is 9.00. The Labute approximate surface area is 325 Å². The van der Waals surface area contributed by atoms with Crippen molar-refractivity contribution < 1.29 is 32.4 Å². The van der Waals surface area contributed by atoms with Crippen molar-refractivity contribution in [1.29, 1.82) is 0 Å². The van der Waals surface area contributed by atoms with Crippen LogP contribution >= 0.6 is 11.6 Å². The zero-order chi connectivity index (χ0) is 39.4. The zero-order valence-electron chi connectivity index (χ0n) is 31.2. The van der Waals surface area contributed by atoms with Crippen LogP contribution in [0.3, 0.4) is 0 Å². The van der Waals surface area contributed by atoms with Crippen LogP contribution in [0.15, 0.2) is 67.0 Å². The molecule has 1 unspecified atom stereocenters. The van der Waals surface area contributed by atoms with Gasteiger partial charge in [-0.05, 0) is 91.7 Å². The number of pyridine rings is 1. The molecule has 1 aliphatic heterocycles. The van der Waals surface area contributed by atoms with Crippen LogP contribution < -0.4 is 20.7 Å². The zero-order valence-corrected chi connectivity index (χ0v) is 32.8. The molecular weight excluding hydrogens is 744 g/mol. The summed E-state index contributed by atoms with van der Waals surface area (Å²) in [6.07, 6.45) is 7.30. The summed E-state index contributed by atoms with van der Waals surface area (Å²) in [5, 5.41) is 8.66. The number of halogens is 1. The van der Waals surface area contributed by atoms with Crippen molar-refractivity contribution in [2.24, 2.45) is 11.3 Å². The molecule has 2 aromatic heterocycles. The number of hydrogen-bond acceptors (Lipinski definition) is 7. The first kappa shape index (κ1) is 38.6. The molecule has 0 radical (unpaired) electrons. The highest BCUT2D eigenvalue weighted by Crippen LogP contribution is 2.39. The van der Waals surface area contributed by atoms with E-state index in [4.69, 9.17) is 11.6 Å². The lowest BCUT2D eigenvalue weighted by molar-refractivity contribution is -0.145. The highest BCUT2D eigenvalue weighted by molar-refractivity contribution is 7.91. The molecule has 1 aromatic carbocycles. The Morgan fingerprint density at radius 2 is 1.73 bits per heavy atom. The highest BCUT2D eigenvalue weighted by atomic mass is 35.5. The number of hydrogen-bond donors (Lipinski definition) is 4. The number of carbonyl (C=O) groups is 5. The number of likely N-dealkylation sites (tertiary alicyclic amines) is 1. The summed E-state index contributed by atoms with van der Waals surface area (Å²) in [5.74, 6) is -2.49. The number of aromatic nitrogens is 1. The molecular formula is C40H47ClN6O7S. The normalized spacial score (nSPS) is 23.1. The van der Waals surface area contributed by atoms with E-state index in [0.717, 1.165) is 18.4 Å². The number of benzene rings is 1. The second-order valence-corrected chi connectivity index (χ2v) is 18.9. The standard InChI is InChI=1S/C40H47ClN6O7S/c1-23-16-17-40(23,38(52)45-55(53,54)28-14-15-28)44-35(49)31-20-27(21-47(31)37(51)34(39(2,3)4)43-32(48)19-24-8-9-24)42-36(50)33-29(25-10-12-26(41)13-11-25)22-46-18-6-5-7-30(33)46/h5-7,10-13,18,22,24,27-28,31,34H,1,8-9,14-17,19-21H2,2-4H3,(H,42,50)(H,43,48)(H,44,49)(H,45,52)/t27-,31+,34-,40?/m1/s1. The lowest BCUT2D eigenvalue weighted by Gasteiger charge is -2.44. The number of fused-ring (bicyclic) bond motifs is 1. The van der Waals surface area contributed by atoms with Crippen molar-refractivity contribution in [2.75, 3.05) is 6.54 Å². The molecule has 15 heteroatoms. The number of amides is 5. The molecule has 4 N–H and O–H groups in total. The number of carbonyl (C=O) groups excluding carboxylic acids is 5. The first-order valence-electron chi connectivity index (χ1n) is 18.8. The minimum absolute atomic E-state index is 0.0111. The maximum Gasteiger partial charge on any atom is 0.263 e. The van der Waals surface area contributed by atoms with E-state index in [-0.39, 0.29) is 31.2 Å². The van der Waals surface area contributed by atoms with E-state index in [1.165, 1.54) is 4.90 Å². The molecule has 55 heavy (non-hydrogen) atoms. The average molecular weight is 791 g/mol. The molecule has 4 aliphatic rings. The van der Waals surface area contributed by atoms with E-state index in [1.807, 2.05) is 67.9 Å². The van der Waals surface area contributed by atoms with Gasteiger partial charge in [-0.25, -0.2) is 8.42 Å². The lowest BCUT2D eigenvalue weighted by atomic mass is 9.71. The SMILES string of the molecule is C=C1CCC1(NC(=O)[C@@H]1C[C@@H](NC(=O)c2c(-c3ccc(Cl)cc3)cn3ccccc23)CN1C(=O)[C@@H](NC(=O)CC1CC1)C(C)(C)C)C(=O)NS(=O)(=O)C1CC1. The molecule has 13 nitrogen and oxygen atoms in total. The molecule has 7 rings (SSSR count). The van der Waals surface area contributed by atoms with E-state index >= 15 is 0 Å². The van der Waals surface area contributed by atoms with Gasteiger partial charge in [-0.2, -0.15) is 0 Å². The third-order valence-corrected chi connectivity index (χ3v) is 13.3. The summed E-state index contributed by atoms with van der Waals surface area (Å²) in [5.41, 5.74) is 0.376. The second-order valence-electron chi connectivity index (χ2n) is 16.5. The van der Waals surface area contributed by atoms with Gasteiger partial charge in [0.1, 0.15) is 17.6 Å². The molecule has 3 heterocycles. The molecule has 3 saturated carbocycles. The van der Waals surface area contributed by atoms with Crippen LogP contribution in [-0.4, -0.2) is 82.7 Å². The molecule has 4 fully saturated rings.